The maximum Gasteiger partial charge on any atom is 0.407 e. The molecule has 0 saturated carbocycles. The van der Waals surface area contributed by atoms with Crippen molar-refractivity contribution in [2.75, 3.05) is 6.54 Å². The predicted molar refractivity (Wildman–Crippen MR) is 87.0 cm³/mol. The number of carbonyl (C=O) groups is 4. The molecule has 1 aliphatic rings. The van der Waals surface area contributed by atoms with Crippen LogP contribution in [0.15, 0.2) is 30.3 Å². The molecule has 1 heterocycles. The van der Waals surface area contributed by atoms with Gasteiger partial charge in [0.05, 0.1) is 0 Å². The first kappa shape index (κ1) is 19.4. The number of imide groups is 1. The molecule has 1 aromatic carbocycles. The van der Waals surface area contributed by atoms with Crippen LogP contribution in [-0.4, -0.2) is 46.7 Å². The molecular formula is C17H20N2O7. The SMILES string of the molecule is O=C(NCCC[C@H](O)C(=O)ON1C(=O)CCC1=O)OCc1ccccc1. The molecule has 26 heavy (non-hydrogen) atoms. The molecule has 0 aliphatic carbocycles. The van der Waals surface area contributed by atoms with Gasteiger partial charge in [-0.3, -0.25) is 9.59 Å². The van der Waals surface area contributed by atoms with Crippen LogP contribution in [-0.2, 0) is 30.6 Å². The number of hydroxylamine groups is 2. The van der Waals surface area contributed by atoms with E-state index in [9.17, 15) is 24.3 Å². The van der Waals surface area contributed by atoms with E-state index in [0.717, 1.165) is 5.56 Å². The van der Waals surface area contributed by atoms with Crippen molar-refractivity contribution in [1.82, 2.24) is 10.4 Å². The molecule has 140 valence electrons. The number of rotatable bonds is 8. The van der Waals surface area contributed by atoms with Crippen LogP contribution in [0, 0.1) is 0 Å². The van der Waals surface area contributed by atoms with Crippen LogP contribution in [0.4, 0.5) is 4.79 Å². The summed E-state index contributed by atoms with van der Waals surface area (Å²) in [4.78, 5) is 50.4. The maximum atomic E-state index is 11.6. The second-order valence-corrected chi connectivity index (χ2v) is 5.64. The van der Waals surface area contributed by atoms with Gasteiger partial charge in [0.15, 0.2) is 6.10 Å². The van der Waals surface area contributed by atoms with Crippen molar-refractivity contribution in [3.63, 3.8) is 0 Å². The molecule has 0 spiro atoms. The standard InChI is InChI=1S/C17H20N2O7/c20-13(16(23)26-19-14(21)8-9-15(19)22)7-4-10-18-17(24)25-11-12-5-2-1-3-6-12/h1-3,5-6,13,20H,4,7-11H2,(H,18,24)/t13-/m0/s1. The Labute approximate surface area is 149 Å². The lowest BCUT2D eigenvalue weighted by Crippen LogP contribution is -2.36. The number of hydrogen-bond donors (Lipinski definition) is 2. The number of carbonyl (C=O) groups excluding carboxylic acids is 4. The van der Waals surface area contributed by atoms with Gasteiger partial charge in [0.25, 0.3) is 11.8 Å². The zero-order chi connectivity index (χ0) is 18.9. The van der Waals surface area contributed by atoms with Gasteiger partial charge in [0.1, 0.15) is 6.61 Å². The number of hydrogen-bond acceptors (Lipinski definition) is 7. The van der Waals surface area contributed by atoms with Gasteiger partial charge in [-0.25, -0.2) is 9.59 Å². The number of amides is 3. The number of aliphatic hydroxyl groups is 1. The van der Waals surface area contributed by atoms with Crippen LogP contribution in [0.2, 0.25) is 0 Å². The van der Waals surface area contributed by atoms with E-state index >= 15 is 0 Å². The summed E-state index contributed by atoms with van der Waals surface area (Å²) in [5.74, 6) is -2.31. The van der Waals surface area contributed by atoms with Gasteiger partial charge in [-0.05, 0) is 18.4 Å². The highest BCUT2D eigenvalue weighted by molar-refractivity contribution is 6.01. The molecule has 1 atom stereocenters. The maximum absolute atomic E-state index is 11.6. The molecule has 0 radical (unpaired) electrons. The van der Waals surface area contributed by atoms with E-state index in [1.54, 1.807) is 0 Å². The molecule has 3 amide bonds. The van der Waals surface area contributed by atoms with Crippen molar-refractivity contribution in [3.05, 3.63) is 35.9 Å². The van der Waals surface area contributed by atoms with Crippen LogP contribution in [0.1, 0.15) is 31.2 Å². The second-order valence-electron chi connectivity index (χ2n) is 5.64. The minimum atomic E-state index is -1.50. The van der Waals surface area contributed by atoms with Gasteiger partial charge in [-0.1, -0.05) is 30.3 Å². The first-order chi connectivity index (χ1) is 12.5. The van der Waals surface area contributed by atoms with Gasteiger partial charge in [0.2, 0.25) is 0 Å². The van der Waals surface area contributed by atoms with Crippen molar-refractivity contribution in [2.45, 2.75) is 38.4 Å². The lowest BCUT2D eigenvalue weighted by atomic mass is 10.2. The number of benzene rings is 1. The summed E-state index contributed by atoms with van der Waals surface area (Å²) < 4.78 is 5.01. The molecule has 1 saturated heterocycles. The van der Waals surface area contributed by atoms with Crippen LogP contribution in [0.5, 0.6) is 0 Å². The van der Waals surface area contributed by atoms with Crippen LogP contribution < -0.4 is 5.32 Å². The first-order valence-electron chi connectivity index (χ1n) is 8.17. The van der Waals surface area contributed by atoms with E-state index in [2.05, 4.69) is 10.2 Å². The number of nitrogens with zero attached hydrogens (tertiary/aromatic N) is 1. The summed E-state index contributed by atoms with van der Waals surface area (Å²) in [6.07, 6.45) is -1.88. The third-order valence-corrected chi connectivity index (χ3v) is 3.60. The Balaban J connectivity index is 1.59. The largest absolute Gasteiger partial charge is 0.445 e. The fraction of sp³-hybridized carbons (Fsp3) is 0.412. The lowest BCUT2D eigenvalue weighted by molar-refractivity contribution is -0.203. The van der Waals surface area contributed by atoms with Crippen LogP contribution in [0.3, 0.4) is 0 Å². The number of ether oxygens (including phenoxy) is 1. The van der Waals surface area contributed by atoms with Crippen molar-refractivity contribution in [2.24, 2.45) is 0 Å². The monoisotopic (exact) mass is 364 g/mol. The fourth-order valence-electron chi connectivity index (χ4n) is 2.19. The summed E-state index contributed by atoms with van der Waals surface area (Å²) in [5, 5.41) is 12.6. The zero-order valence-corrected chi connectivity index (χ0v) is 14.1. The molecular weight excluding hydrogens is 344 g/mol. The zero-order valence-electron chi connectivity index (χ0n) is 14.1. The number of nitrogens with one attached hydrogen (secondary N) is 1. The smallest absolute Gasteiger partial charge is 0.407 e. The number of alkyl carbamates (subject to hydrolysis) is 1. The van der Waals surface area contributed by atoms with E-state index in [-0.39, 0.29) is 38.8 Å². The molecule has 0 unspecified atom stereocenters. The molecule has 2 rings (SSSR count). The van der Waals surface area contributed by atoms with Gasteiger partial charge < -0.3 is 20.0 Å². The van der Waals surface area contributed by atoms with E-state index in [1.807, 2.05) is 30.3 Å². The average molecular weight is 364 g/mol. The third kappa shape index (κ3) is 5.85. The molecule has 1 fully saturated rings. The minimum absolute atomic E-state index is 0.00593. The topological polar surface area (TPSA) is 122 Å². The van der Waals surface area contributed by atoms with E-state index < -0.39 is 30.0 Å². The van der Waals surface area contributed by atoms with Gasteiger partial charge in [-0.2, -0.15) is 0 Å². The van der Waals surface area contributed by atoms with Crippen molar-refractivity contribution < 1.29 is 33.9 Å². The molecule has 1 aromatic rings. The normalized spacial score (nSPS) is 14.9. The number of aliphatic hydroxyl groups excluding tert-OH is 1. The Morgan fingerprint density at radius 1 is 1.15 bits per heavy atom. The summed E-state index contributed by atoms with van der Waals surface area (Å²) >= 11 is 0. The van der Waals surface area contributed by atoms with Gasteiger partial charge in [-0.15, -0.1) is 5.06 Å². The first-order valence-corrected chi connectivity index (χ1v) is 8.17. The van der Waals surface area contributed by atoms with E-state index in [0.29, 0.717) is 5.06 Å². The van der Waals surface area contributed by atoms with Crippen molar-refractivity contribution >= 4 is 23.9 Å². The Morgan fingerprint density at radius 3 is 2.46 bits per heavy atom. The molecule has 0 bridgehead atoms. The van der Waals surface area contributed by atoms with Gasteiger partial charge >= 0.3 is 12.1 Å². The Morgan fingerprint density at radius 2 is 1.81 bits per heavy atom. The second kappa shape index (κ2) is 9.52. The molecule has 2 N–H and O–H groups in total. The van der Waals surface area contributed by atoms with Crippen LogP contribution >= 0.6 is 0 Å². The minimum Gasteiger partial charge on any atom is -0.445 e. The fourth-order valence-corrected chi connectivity index (χ4v) is 2.19. The van der Waals surface area contributed by atoms with Crippen LogP contribution in [0.25, 0.3) is 0 Å². The quantitative estimate of drug-likeness (QED) is 0.513. The summed E-state index contributed by atoms with van der Waals surface area (Å²) in [6, 6.07) is 9.17. The highest BCUT2D eigenvalue weighted by Crippen LogP contribution is 2.13. The summed E-state index contributed by atoms with van der Waals surface area (Å²) in [6.45, 7) is 0.319. The van der Waals surface area contributed by atoms with Crippen molar-refractivity contribution in [1.29, 1.82) is 0 Å². The summed E-state index contributed by atoms with van der Waals surface area (Å²) in [5.41, 5.74) is 0.854. The summed E-state index contributed by atoms with van der Waals surface area (Å²) in [7, 11) is 0. The van der Waals surface area contributed by atoms with E-state index in [4.69, 9.17) is 4.74 Å². The Kier molecular flexibility index (Phi) is 7.10. The van der Waals surface area contributed by atoms with Crippen molar-refractivity contribution in [3.8, 4) is 0 Å². The van der Waals surface area contributed by atoms with E-state index in [1.165, 1.54) is 0 Å². The van der Waals surface area contributed by atoms with Gasteiger partial charge in [0, 0.05) is 19.4 Å². The molecule has 1 aliphatic heterocycles. The lowest BCUT2D eigenvalue weighted by Gasteiger charge is -2.15. The molecule has 0 aromatic heterocycles. The predicted octanol–water partition coefficient (Wildman–Crippen LogP) is 0.661. The third-order valence-electron chi connectivity index (χ3n) is 3.60. The Bertz CT molecular complexity index is 646. The molecule has 9 nitrogen and oxygen atoms in total. The highest BCUT2D eigenvalue weighted by Gasteiger charge is 2.34. The average Bonchev–Trinajstić information content (AvgIpc) is 2.96. The highest BCUT2D eigenvalue weighted by atomic mass is 16.7. The molecule has 9 heteroatoms. The Hall–Kier alpha value is -2.94.